The van der Waals surface area contributed by atoms with Crippen LogP contribution in [0.5, 0.6) is 5.75 Å². The molecule has 1 rings (SSSR count). The first kappa shape index (κ1) is 11.5. The second-order valence-corrected chi connectivity index (χ2v) is 3.56. The van der Waals surface area contributed by atoms with Crippen LogP contribution in [-0.2, 0) is 0 Å². The quantitative estimate of drug-likeness (QED) is 0.690. The number of nitrogens with one attached hydrogen (secondary N) is 1. The van der Waals surface area contributed by atoms with Crippen molar-refractivity contribution in [3.05, 3.63) is 29.3 Å². The average Bonchev–Trinajstić information content (AvgIpc) is 2.17. The van der Waals surface area contributed by atoms with E-state index in [4.69, 9.17) is 5.11 Å². The third-order valence-electron chi connectivity index (χ3n) is 2.11. The van der Waals surface area contributed by atoms with E-state index in [1.165, 1.54) is 12.1 Å². The minimum absolute atomic E-state index is 0.0944. The van der Waals surface area contributed by atoms with Gasteiger partial charge in [-0.15, -0.1) is 0 Å². The summed E-state index contributed by atoms with van der Waals surface area (Å²) in [6.07, 6.45) is 0. The Balaban J connectivity index is 2.82. The van der Waals surface area contributed by atoms with Crippen LogP contribution in [0.2, 0.25) is 0 Å². The molecular weight excluding hydrogens is 194 g/mol. The molecule has 82 valence electrons. The van der Waals surface area contributed by atoms with Gasteiger partial charge in [0.25, 0.3) is 5.91 Å². The number of benzene rings is 1. The molecule has 0 aliphatic heterocycles. The number of amides is 1. The van der Waals surface area contributed by atoms with Gasteiger partial charge in [-0.3, -0.25) is 4.79 Å². The first-order valence-electron chi connectivity index (χ1n) is 4.76. The number of aliphatic hydroxyl groups excluding tert-OH is 1. The second-order valence-electron chi connectivity index (χ2n) is 3.56. The Morgan fingerprint density at radius 2 is 2.20 bits per heavy atom. The van der Waals surface area contributed by atoms with E-state index in [0.717, 1.165) is 0 Å². The van der Waals surface area contributed by atoms with Crippen LogP contribution in [0.1, 0.15) is 22.8 Å². The van der Waals surface area contributed by atoms with Crippen molar-refractivity contribution in [3.63, 3.8) is 0 Å². The highest BCUT2D eigenvalue weighted by Crippen LogP contribution is 2.15. The highest BCUT2D eigenvalue weighted by molar-refractivity contribution is 5.95. The molecule has 1 amide bonds. The largest absolute Gasteiger partial charge is 0.508 e. The third-order valence-corrected chi connectivity index (χ3v) is 2.11. The van der Waals surface area contributed by atoms with Gasteiger partial charge in [0.1, 0.15) is 5.75 Å². The van der Waals surface area contributed by atoms with Gasteiger partial charge in [-0.1, -0.05) is 0 Å². The summed E-state index contributed by atoms with van der Waals surface area (Å²) in [6, 6.07) is 4.28. The van der Waals surface area contributed by atoms with Gasteiger partial charge in [0, 0.05) is 11.6 Å². The minimum Gasteiger partial charge on any atom is -0.508 e. The molecule has 1 aromatic carbocycles. The molecule has 0 aromatic heterocycles. The van der Waals surface area contributed by atoms with E-state index in [1.54, 1.807) is 19.9 Å². The van der Waals surface area contributed by atoms with Crippen molar-refractivity contribution >= 4 is 5.91 Å². The lowest BCUT2D eigenvalue weighted by Crippen LogP contribution is -2.35. The zero-order valence-electron chi connectivity index (χ0n) is 8.82. The predicted molar refractivity (Wildman–Crippen MR) is 56.9 cm³/mol. The van der Waals surface area contributed by atoms with Crippen LogP contribution >= 0.6 is 0 Å². The molecule has 4 nitrogen and oxygen atoms in total. The summed E-state index contributed by atoms with van der Waals surface area (Å²) in [7, 11) is 0. The van der Waals surface area contributed by atoms with E-state index in [0.29, 0.717) is 11.1 Å². The van der Waals surface area contributed by atoms with E-state index < -0.39 is 0 Å². The topological polar surface area (TPSA) is 69.6 Å². The fourth-order valence-corrected chi connectivity index (χ4v) is 1.25. The van der Waals surface area contributed by atoms with Crippen LogP contribution in [0, 0.1) is 6.92 Å². The van der Waals surface area contributed by atoms with Crippen LogP contribution in [0.25, 0.3) is 0 Å². The van der Waals surface area contributed by atoms with Gasteiger partial charge in [-0.25, -0.2) is 0 Å². The van der Waals surface area contributed by atoms with Gasteiger partial charge in [0.2, 0.25) is 0 Å². The Hall–Kier alpha value is -1.55. The van der Waals surface area contributed by atoms with Gasteiger partial charge in [0.15, 0.2) is 0 Å². The molecule has 0 bridgehead atoms. The van der Waals surface area contributed by atoms with Crippen LogP contribution in [0.3, 0.4) is 0 Å². The number of aryl methyl sites for hydroxylation is 1. The summed E-state index contributed by atoms with van der Waals surface area (Å²) in [5, 5.41) is 20.6. The SMILES string of the molecule is Cc1cc(O)ccc1C(=O)N[C@@H](C)CO. The minimum atomic E-state index is -0.272. The maximum atomic E-state index is 11.6. The molecule has 0 aliphatic rings. The maximum absolute atomic E-state index is 11.6. The lowest BCUT2D eigenvalue weighted by atomic mass is 10.1. The fraction of sp³-hybridized carbons (Fsp3) is 0.364. The summed E-state index contributed by atoms with van der Waals surface area (Å²) < 4.78 is 0. The summed E-state index contributed by atoms with van der Waals surface area (Å²) >= 11 is 0. The number of aliphatic hydroxyl groups is 1. The van der Waals surface area contributed by atoms with Crippen LogP contribution in [0.15, 0.2) is 18.2 Å². The molecule has 0 fully saturated rings. The first-order valence-corrected chi connectivity index (χ1v) is 4.76. The smallest absolute Gasteiger partial charge is 0.251 e. The third kappa shape index (κ3) is 2.95. The van der Waals surface area contributed by atoms with Gasteiger partial charge in [-0.05, 0) is 37.6 Å². The maximum Gasteiger partial charge on any atom is 0.251 e. The monoisotopic (exact) mass is 209 g/mol. The van der Waals surface area contributed by atoms with Gasteiger partial charge in [0.05, 0.1) is 6.61 Å². The standard InChI is InChI=1S/C11H15NO3/c1-7-5-9(14)3-4-10(7)11(15)12-8(2)6-13/h3-5,8,13-14H,6H2,1-2H3,(H,12,15)/t8-/m0/s1. The van der Waals surface area contributed by atoms with Crippen LogP contribution in [0.4, 0.5) is 0 Å². The molecule has 0 spiro atoms. The Morgan fingerprint density at radius 3 is 2.73 bits per heavy atom. The van der Waals surface area contributed by atoms with Crippen molar-refractivity contribution in [2.24, 2.45) is 0 Å². The zero-order chi connectivity index (χ0) is 11.4. The Morgan fingerprint density at radius 1 is 1.53 bits per heavy atom. The van der Waals surface area contributed by atoms with Gasteiger partial charge >= 0.3 is 0 Å². The first-order chi connectivity index (χ1) is 7.04. The molecule has 1 atom stereocenters. The van der Waals surface area contributed by atoms with Crippen molar-refractivity contribution in [2.75, 3.05) is 6.61 Å². The number of hydrogen-bond acceptors (Lipinski definition) is 3. The number of carbonyl (C=O) groups is 1. The summed E-state index contributed by atoms with van der Waals surface area (Å²) in [6.45, 7) is 3.37. The summed E-state index contributed by atoms with van der Waals surface area (Å²) in [5.74, 6) is -0.103. The molecule has 15 heavy (non-hydrogen) atoms. The molecule has 0 heterocycles. The summed E-state index contributed by atoms with van der Waals surface area (Å²) in [5.41, 5.74) is 1.21. The predicted octanol–water partition coefficient (Wildman–Crippen LogP) is 0.811. The van der Waals surface area contributed by atoms with Crippen molar-refractivity contribution in [2.45, 2.75) is 19.9 Å². The second kappa shape index (κ2) is 4.79. The number of rotatable bonds is 3. The highest BCUT2D eigenvalue weighted by Gasteiger charge is 2.11. The molecular formula is C11H15NO3. The van der Waals surface area contributed by atoms with E-state index in [-0.39, 0.29) is 24.3 Å². The number of carbonyl (C=O) groups excluding carboxylic acids is 1. The number of phenols is 1. The van der Waals surface area contributed by atoms with Crippen molar-refractivity contribution in [1.29, 1.82) is 0 Å². The van der Waals surface area contributed by atoms with E-state index in [1.807, 2.05) is 0 Å². The van der Waals surface area contributed by atoms with Crippen LogP contribution < -0.4 is 5.32 Å². The molecule has 0 unspecified atom stereocenters. The lowest BCUT2D eigenvalue weighted by molar-refractivity contribution is 0.0921. The molecule has 0 saturated heterocycles. The van der Waals surface area contributed by atoms with Crippen molar-refractivity contribution in [1.82, 2.24) is 5.32 Å². The normalized spacial score (nSPS) is 12.2. The average molecular weight is 209 g/mol. The molecule has 0 radical (unpaired) electrons. The Labute approximate surface area is 88.6 Å². The number of hydrogen-bond donors (Lipinski definition) is 3. The van der Waals surface area contributed by atoms with E-state index >= 15 is 0 Å². The van der Waals surface area contributed by atoms with Crippen LogP contribution in [-0.4, -0.2) is 28.8 Å². The molecule has 4 heteroatoms. The Kier molecular flexibility index (Phi) is 3.68. The zero-order valence-corrected chi connectivity index (χ0v) is 8.82. The Bertz CT molecular complexity index is 363. The lowest BCUT2D eigenvalue weighted by Gasteiger charge is -2.12. The van der Waals surface area contributed by atoms with Gasteiger partial charge in [-0.2, -0.15) is 0 Å². The number of aromatic hydroxyl groups is 1. The van der Waals surface area contributed by atoms with E-state index in [9.17, 15) is 9.90 Å². The molecule has 1 aromatic rings. The van der Waals surface area contributed by atoms with E-state index in [2.05, 4.69) is 5.32 Å². The molecule has 0 aliphatic carbocycles. The summed E-state index contributed by atoms with van der Waals surface area (Å²) in [4.78, 5) is 11.6. The van der Waals surface area contributed by atoms with Crippen molar-refractivity contribution < 1.29 is 15.0 Å². The molecule has 3 N–H and O–H groups in total. The van der Waals surface area contributed by atoms with Crippen molar-refractivity contribution in [3.8, 4) is 5.75 Å². The van der Waals surface area contributed by atoms with Gasteiger partial charge < -0.3 is 15.5 Å². The molecule has 0 saturated carbocycles. The fourth-order valence-electron chi connectivity index (χ4n) is 1.25. The highest BCUT2D eigenvalue weighted by atomic mass is 16.3. The number of phenolic OH excluding ortho intramolecular Hbond substituents is 1.